The van der Waals surface area contributed by atoms with Crippen LogP contribution >= 0.6 is 0 Å². The van der Waals surface area contributed by atoms with E-state index >= 15 is 0 Å². The minimum Gasteiger partial charge on any atom is -0.497 e. The van der Waals surface area contributed by atoms with Gasteiger partial charge in [-0.3, -0.25) is 9.78 Å². The molecule has 0 fully saturated rings. The van der Waals surface area contributed by atoms with Gasteiger partial charge in [0.05, 0.1) is 31.4 Å². The lowest BCUT2D eigenvalue weighted by molar-refractivity contribution is -0.137. The summed E-state index contributed by atoms with van der Waals surface area (Å²) < 4.78 is 40.2. The number of hydrogen-bond donors (Lipinski definition) is 1. The molecule has 0 amide bonds. The molecule has 3 aromatic rings. The normalized spacial score (nSPS) is 18.5. The zero-order valence-corrected chi connectivity index (χ0v) is 18.1. The maximum Gasteiger partial charge on any atom is 0.304 e. The highest BCUT2D eigenvalue weighted by Gasteiger charge is 2.30. The summed E-state index contributed by atoms with van der Waals surface area (Å²) in [6, 6.07) is 9.99. The van der Waals surface area contributed by atoms with Gasteiger partial charge in [-0.1, -0.05) is 18.2 Å². The topological polar surface area (TPSA) is 68.7 Å². The molecule has 2 aliphatic rings. The van der Waals surface area contributed by atoms with E-state index in [1.54, 1.807) is 12.3 Å². The SMILES string of the molecule is COc1cc(F)c(-c2cccc3c2CC[C@H]3Cc2cnc3c(c2)OCC3CC(=O)O)c(F)c1. The first-order valence-corrected chi connectivity index (χ1v) is 10.9. The zero-order valence-electron chi connectivity index (χ0n) is 18.1. The third kappa shape index (κ3) is 3.92. The average Bonchev–Trinajstić information content (AvgIpc) is 3.37. The number of benzene rings is 2. The maximum absolute atomic E-state index is 14.8. The van der Waals surface area contributed by atoms with E-state index in [2.05, 4.69) is 4.98 Å². The van der Waals surface area contributed by atoms with Crippen molar-refractivity contribution >= 4 is 5.97 Å². The van der Waals surface area contributed by atoms with Crippen molar-refractivity contribution < 1.29 is 28.2 Å². The zero-order chi connectivity index (χ0) is 23.1. The first-order chi connectivity index (χ1) is 15.9. The molecule has 5 nitrogen and oxygen atoms in total. The van der Waals surface area contributed by atoms with Gasteiger partial charge >= 0.3 is 5.97 Å². The number of hydrogen-bond acceptors (Lipinski definition) is 4. The highest BCUT2D eigenvalue weighted by Crippen LogP contribution is 2.43. The molecule has 0 bridgehead atoms. The van der Waals surface area contributed by atoms with Gasteiger partial charge in [-0.15, -0.1) is 0 Å². The summed E-state index contributed by atoms with van der Waals surface area (Å²) in [6.07, 6.45) is 4.10. The second-order valence-electron chi connectivity index (χ2n) is 8.61. The van der Waals surface area contributed by atoms with Crippen molar-refractivity contribution in [3.63, 3.8) is 0 Å². The van der Waals surface area contributed by atoms with E-state index in [0.29, 0.717) is 23.6 Å². The molecule has 0 saturated carbocycles. The van der Waals surface area contributed by atoms with E-state index in [0.717, 1.165) is 36.0 Å². The molecule has 2 atom stereocenters. The lowest BCUT2D eigenvalue weighted by Crippen LogP contribution is -2.08. The summed E-state index contributed by atoms with van der Waals surface area (Å²) in [7, 11) is 1.38. The van der Waals surface area contributed by atoms with Crippen LogP contribution in [0.15, 0.2) is 42.6 Å². The molecule has 0 radical (unpaired) electrons. The molecule has 1 aromatic heterocycles. The van der Waals surface area contributed by atoms with Gasteiger partial charge in [0.2, 0.25) is 0 Å². The van der Waals surface area contributed by atoms with Crippen LogP contribution in [0.25, 0.3) is 11.1 Å². The van der Waals surface area contributed by atoms with Gasteiger partial charge in [0.25, 0.3) is 0 Å². The Morgan fingerprint density at radius 3 is 2.73 bits per heavy atom. The van der Waals surface area contributed by atoms with Crippen LogP contribution in [0.4, 0.5) is 8.78 Å². The molecule has 1 unspecified atom stereocenters. The lowest BCUT2D eigenvalue weighted by atomic mass is 9.91. The number of pyridine rings is 1. The van der Waals surface area contributed by atoms with Gasteiger partial charge in [0.15, 0.2) is 0 Å². The number of carboxylic acid groups (broad SMARTS) is 1. The number of fused-ring (bicyclic) bond motifs is 2. The molecule has 2 heterocycles. The largest absolute Gasteiger partial charge is 0.497 e. The molecular weight excluding hydrogens is 428 g/mol. The van der Waals surface area contributed by atoms with E-state index in [9.17, 15) is 13.6 Å². The predicted octanol–water partition coefficient (Wildman–Crippen LogP) is 5.26. The standard InChI is InChI=1S/C26H23F2NO4/c1-32-17-10-21(27)25(22(28)11-17)20-4-2-3-18-15(5-6-19(18)20)7-14-8-23-26(29-12-14)16(13-33-23)9-24(30)31/h2-4,8,10-12,15-16H,5-7,9,13H2,1H3,(H,30,31)/t15-,16?/m0/s1. The first kappa shape index (κ1) is 21.4. The summed E-state index contributed by atoms with van der Waals surface area (Å²) >= 11 is 0. The Morgan fingerprint density at radius 2 is 2.00 bits per heavy atom. The number of aromatic nitrogens is 1. The van der Waals surface area contributed by atoms with Crippen LogP contribution in [-0.4, -0.2) is 29.8 Å². The lowest BCUT2D eigenvalue weighted by Gasteiger charge is -2.15. The molecule has 1 N–H and O–H groups in total. The van der Waals surface area contributed by atoms with Crippen molar-refractivity contribution in [2.24, 2.45) is 0 Å². The van der Waals surface area contributed by atoms with Gasteiger partial charge in [-0.05, 0) is 53.5 Å². The molecule has 1 aliphatic heterocycles. The number of halogens is 2. The maximum atomic E-state index is 14.8. The van der Waals surface area contributed by atoms with Gasteiger partial charge in [-0.2, -0.15) is 0 Å². The van der Waals surface area contributed by atoms with Crippen molar-refractivity contribution in [1.82, 2.24) is 4.98 Å². The number of rotatable bonds is 6. The van der Waals surface area contributed by atoms with Crippen LogP contribution in [-0.2, 0) is 17.6 Å². The van der Waals surface area contributed by atoms with E-state index in [1.165, 1.54) is 19.2 Å². The van der Waals surface area contributed by atoms with E-state index in [-0.39, 0.29) is 29.6 Å². The average molecular weight is 451 g/mol. The summed E-state index contributed by atoms with van der Waals surface area (Å²) in [6.45, 7) is 0.326. The van der Waals surface area contributed by atoms with Crippen molar-refractivity contribution in [3.05, 3.63) is 76.6 Å². The smallest absolute Gasteiger partial charge is 0.304 e. The van der Waals surface area contributed by atoms with Crippen molar-refractivity contribution in [2.45, 2.75) is 37.5 Å². The molecule has 33 heavy (non-hydrogen) atoms. The minimum absolute atomic E-state index is 0.00337. The number of carboxylic acids is 1. The Hall–Kier alpha value is -3.48. The second-order valence-corrected chi connectivity index (χ2v) is 8.61. The van der Waals surface area contributed by atoms with Crippen molar-refractivity contribution in [1.29, 1.82) is 0 Å². The molecule has 1 aliphatic carbocycles. The number of nitrogens with zero attached hydrogens (tertiary/aromatic N) is 1. The quantitative estimate of drug-likeness (QED) is 0.554. The Labute approximate surface area is 190 Å². The fourth-order valence-corrected chi connectivity index (χ4v) is 5.06. The summed E-state index contributed by atoms with van der Waals surface area (Å²) in [5, 5.41) is 9.07. The van der Waals surface area contributed by atoms with E-state index in [1.807, 2.05) is 18.2 Å². The second kappa shape index (κ2) is 8.46. The van der Waals surface area contributed by atoms with Crippen LogP contribution < -0.4 is 9.47 Å². The number of carbonyl (C=O) groups is 1. The highest BCUT2D eigenvalue weighted by atomic mass is 19.1. The molecule has 5 rings (SSSR count). The summed E-state index contributed by atoms with van der Waals surface area (Å²) in [4.78, 5) is 15.5. The van der Waals surface area contributed by atoms with Crippen molar-refractivity contribution in [3.8, 4) is 22.6 Å². The van der Waals surface area contributed by atoms with Crippen LogP contribution in [0, 0.1) is 11.6 Å². The van der Waals surface area contributed by atoms with Gasteiger partial charge < -0.3 is 14.6 Å². The van der Waals surface area contributed by atoms with E-state index < -0.39 is 17.6 Å². The molecule has 170 valence electrons. The first-order valence-electron chi connectivity index (χ1n) is 10.9. The van der Waals surface area contributed by atoms with Gasteiger partial charge in [0, 0.05) is 24.2 Å². The fourth-order valence-electron chi connectivity index (χ4n) is 5.06. The van der Waals surface area contributed by atoms with Gasteiger partial charge in [-0.25, -0.2) is 8.78 Å². The van der Waals surface area contributed by atoms with Crippen LogP contribution in [0.1, 0.15) is 47.1 Å². The molecule has 2 aromatic carbocycles. The molecule has 0 saturated heterocycles. The third-order valence-electron chi connectivity index (χ3n) is 6.58. The van der Waals surface area contributed by atoms with Crippen LogP contribution in [0.2, 0.25) is 0 Å². The fraction of sp³-hybridized carbons (Fsp3) is 0.308. The van der Waals surface area contributed by atoms with Crippen molar-refractivity contribution in [2.75, 3.05) is 13.7 Å². The number of ether oxygens (including phenoxy) is 2. The number of methoxy groups -OCH3 is 1. The summed E-state index contributed by atoms with van der Waals surface area (Å²) in [5.74, 6) is -1.38. The predicted molar refractivity (Wildman–Crippen MR) is 118 cm³/mol. The van der Waals surface area contributed by atoms with Crippen LogP contribution in [0.3, 0.4) is 0 Å². The molecule has 7 heteroatoms. The Balaban J connectivity index is 1.42. The summed E-state index contributed by atoms with van der Waals surface area (Å²) in [5.41, 5.74) is 4.31. The Kier molecular flexibility index (Phi) is 5.48. The Bertz CT molecular complexity index is 1220. The van der Waals surface area contributed by atoms with Crippen LogP contribution in [0.5, 0.6) is 11.5 Å². The molecular formula is C26H23F2NO4. The van der Waals surface area contributed by atoms with Gasteiger partial charge in [0.1, 0.15) is 23.1 Å². The van der Waals surface area contributed by atoms with E-state index in [4.69, 9.17) is 14.6 Å². The highest BCUT2D eigenvalue weighted by molar-refractivity contribution is 5.72. The number of aliphatic carboxylic acids is 1. The monoisotopic (exact) mass is 451 g/mol. The third-order valence-corrected chi connectivity index (χ3v) is 6.58. The Morgan fingerprint density at radius 1 is 1.21 bits per heavy atom. The minimum atomic E-state index is -0.870. The molecule has 0 spiro atoms.